The second kappa shape index (κ2) is 5.09. The molecule has 1 aliphatic heterocycles. The zero-order valence-corrected chi connectivity index (χ0v) is 11.5. The van der Waals surface area contributed by atoms with E-state index in [1.165, 1.54) is 0 Å². The number of carbonyl (C=O) groups is 1. The summed E-state index contributed by atoms with van der Waals surface area (Å²) in [5.41, 5.74) is 7.54. The minimum Gasteiger partial charge on any atom is -0.330 e. The number of nitrogens with two attached hydrogens (primary N) is 1. The first-order chi connectivity index (χ1) is 9.69. The summed E-state index contributed by atoms with van der Waals surface area (Å²) in [6.07, 6.45) is 0.523. The van der Waals surface area contributed by atoms with Crippen molar-refractivity contribution in [3.8, 4) is 5.69 Å². The van der Waals surface area contributed by atoms with Crippen molar-refractivity contribution >= 4 is 11.7 Å². The monoisotopic (exact) mass is 270 g/mol. The third kappa shape index (κ3) is 2.20. The number of hydrogen-bond acceptors (Lipinski definition) is 3. The first-order valence-corrected chi connectivity index (χ1v) is 6.81. The minimum atomic E-state index is 0.123. The number of para-hydroxylation sites is 1. The zero-order valence-electron chi connectivity index (χ0n) is 11.5. The van der Waals surface area contributed by atoms with Crippen LogP contribution in [-0.2, 0) is 4.79 Å². The van der Waals surface area contributed by atoms with Gasteiger partial charge in [0.15, 0.2) is 0 Å². The van der Waals surface area contributed by atoms with E-state index in [2.05, 4.69) is 5.10 Å². The average Bonchev–Trinajstić information content (AvgIpc) is 3.02. The Labute approximate surface area is 118 Å². The first-order valence-electron chi connectivity index (χ1n) is 6.81. The van der Waals surface area contributed by atoms with Gasteiger partial charge in [-0.05, 0) is 31.5 Å². The van der Waals surface area contributed by atoms with Gasteiger partial charge in [-0.15, -0.1) is 0 Å². The van der Waals surface area contributed by atoms with Crippen LogP contribution in [0.25, 0.3) is 5.69 Å². The molecule has 0 saturated carbocycles. The van der Waals surface area contributed by atoms with Crippen LogP contribution in [0, 0.1) is 12.8 Å². The van der Waals surface area contributed by atoms with Gasteiger partial charge < -0.3 is 5.73 Å². The summed E-state index contributed by atoms with van der Waals surface area (Å²) in [5, 5.41) is 4.50. The van der Waals surface area contributed by atoms with Gasteiger partial charge in [0.1, 0.15) is 5.82 Å². The summed E-state index contributed by atoms with van der Waals surface area (Å²) < 4.78 is 1.83. The third-order valence-corrected chi connectivity index (χ3v) is 3.63. The largest absolute Gasteiger partial charge is 0.330 e. The fourth-order valence-corrected chi connectivity index (χ4v) is 2.60. The summed E-state index contributed by atoms with van der Waals surface area (Å²) >= 11 is 0. The number of anilines is 1. The molecule has 0 bridgehead atoms. The molecule has 5 heteroatoms. The first kappa shape index (κ1) is 12.9. The summed E-state index contributed by atoms with van der Waals surface area (Å²) in [6.45, 7) is 3.15. The quantitative estimate of drug-likeness (QED) is 0.919. The van der Waals surface area contributed by atoms with Gasteiger partial charge in [0, 0.05) is 19.0 Å². The SMILES string of the molecule is Cc1cc(N2CC(CN)CC2=O)n(-c2ccccc2)n1. The molecule has 0 spiro atoms. The highest BCUT2D eigenvalue weighted by Gasteiger charge is 2.32. The van der Waals surface area contributed by atoms with Crippen LogP contribution < -0.4 is 10.6 Å². The molecule has 1 atom stereocenters. The lowest BCUT2D eigenvalue weighted by Crippen LogP contribution is -2.27. The molecule has 104 valence electrons. The van der Waals surface area contributed by atoms with Gasteiger partial charge in [0.25, 0.3) is 0 Å². The van der Waals surface area contributed by atoms with Gasteiger partial charge in [-0.2, -0.15) is 5.10 Å². The highest BCUT2D eigenvalue weighted by atomic mass is 16.2. The van der Waals surface area contributed by atoms with E-state index in [9.17, 15) is 4.79 Å². The number of hydrogen-bond donors (Lipinski definition) is 1. The lowest BCUT2D eigenvalue weighted by molar-refractivity contribution is -0.117. The predicted molar refractivity (Wildman–Crippen MR) is 77.8 cm³/mol. The van der Waals surface area contributed by atoms with Crippen molar-refractivity contribution < 1.29 is 4.79 Å². The van der Waals surface area contributed by atoms with E-state index in [1.54, 1.807) is 4.90 Å². The molecule has 3 rings (SSSR count). The number of nitrogens with zero attached hydrogens (tertiary/aromatic N) is 3. The number of aromatic nitrogens is 2. The number of carbonyl (C=O) groups excluding carboxylic acids is 1. The van der Waals surface area contributed by atoms with Crippen LogP contribution >= 0.6 is 0 Å². The molecule has 1 aromatic heterocycles. The predicted octanol–water partition coefficient (Wildman–Crippen LogP) is 1.49. The summed E-state index contributed by atoms with van der Waals surface area (Å²) in [4.78, 5) is 14.0. The van der Waals surface area contributed by atoms with Crippen LogP contribution in [0.15, 0.2) is 36.4 Å². The van der Waals surface area contributed by atoms with Gasteiger partial charge in [-0.3, -0.25) is 9.69 Å². The van der Waals surface area contributed by atoms with E-state index in [0.717, 1.165) is 17.2 Å². The van der Waals surface area contributed by atoms with E-state index >= 15 is 0 Å². The fourth-order valence-electron chi connectivity index (χ4n) is 2.60. The molecule has 1 aliphatic rings. The number of benzene rings is 1. The molecule has 2 heterocycles. The Hall–Kier alpha value is -2.14. The van der Waals surface area contributed by atoms with Crippen LogP contribution in [0.3, 0.4) is 0 Å². The van der Waals surface area contributed by atoms with E-state index in [0.29, 0.717) is 19.5 Å². The maximum absolute atomic E-state index is 12.2. The summed E-state index contributed by atoms with van der Waals surface area (Å²) in [5.74, 6) is 1.19. The molecular weight excluding hydrogens is 252 g/mol. The van der Waals surface area contributed by atoms with E-state index in [1.807, 2.05) is 48.0 Å². The van der Waals surface area contributed by atoms with Crippen molar-refractivity contribution in [2.45, 2.75) is 13.3 Å². The highest BCUT2D eigenvalue weighted by Crippen LogP contribution is 2.27. The van der Waals surface area contributed by atoms with E-state index < -0.39 is 0 Å². The van der Waals surface area contributed by atoms with Crippen molar-refractivity contribution in [3.05, 3.63) is 42.1 Å². The highest BCUT2D eigenvalue weighted by molar-refractivity contribution is 5.95. The van der Waals surface area contributed by atoms with Crippen LogP contribution in [0.5, 0.6) is 0 Å². The molecule has 1 fully saturated rings. The minimum absolute atomic E-state index is 0.123. The lowest BCUT2D eigenvalue weighted by Gasteiger charge is -2.17. The van der Waals surface area contributed by atoms with Gasteiger partial charge >= 0.3 is 0 Å². The molecule has 0 radical (unpaired) electrons. The Bertz CT molecular complexity index is 620. The van der Waals surface area contributed by atoms with Crippen molar-refractivity contribution in [3.63, 3.8) is 0 Å². The standard InChI is InChI=1S/C15H18N4O/c1-11-7-14(18-10-12(9-16)8-15(18)20)19(17-11)13-5-3-2-4-6-13/h2-7,12H,8-10,16H2,1H3. The average molecular weight is 270 g/mol. The number of amides is 1. The molecule has 2 N–H and O–H groups in total. The molecule has 1 saturated heterocycles. The Morgan fingerprint density at radius 2 is 2.10 bits per heavy atom. The molecule has 0 aliphatic carbocycles. The topological polar surface area (TPSA) is 64.2 Å². The van der Waals surface area contributed by atoms with Gasteiger partial charge in [0.05, 0.1) is 11.4 Å². The van der Waals surface area contributed by atoms with Gasteiger partial charge in [-0.1, -0.05) is 18.2 Å². The maximum atomic E-state index is 12.2. The molecular formula is C15H18N4O. The van der Waals surface area contributed by atoms with Crippen molar-refractivity contribution in [2.24, 2.45) is 11.7 Å². The zero-order chi connectivity index (χ0) is 14.1. The molecule has 1 amide bonds. The third-order valence-electron chi connectivity index (χ3n) is 3.63. The van der Waals surface area contributed by atoms with Gasteiger partial charge in [0.2, 0.25) is 5.91 Å². The van der Waals surface area contributed by atoms with Crippen molar-refractivity contribution in [1.82, 2.24) is 9.78 Å². The number of rotatable bonds is 3. The van der Waals surface area contributed by atoms with Gasteiger partial charge in [-0.25, -0.2) is 4.68 Å². The smallest absolute Gasteiger partial charge is 0.228 e. The van der Waals surface area contributed by atoms with Crippen molar-refractivity contribution in [1.29, 1.82) is 0 Å². The molecule has 1 aromatic carbocycles. The molecule has 5 nitrogen and oxygen atoms in total. The van der Waals surface area contributed by atoms with Crippen LogP contribution in [-0.4, -0.2) is 28.8 Å². The van der Waals surface area contributed by atoms with Crippen LogP contribution in [0.2, 0.25) is 0 Å². The van der Waals surface area contributed by atoms with Crippen LogP contribution in [0.1, 0.15) is 12.1 Å². The maximum Gasteiger partial charge on any atom is 0.228 e. The number of aryl methyl sites for hydroxylation is 1. The normalized spacial score (nSPS) is 18.8. The summed E-state index contributed by atoms with van der Waals surface area (Å²) in [6, 6.07) is 11.8. The molecule has 1 unspecified atom stereocenters. The fraction of sp³-hybridized carbons (Fsp3) is 0.333. The second-order valence-electron chi connectivity index (χ2n) is 5.20. The van der Waals surface area contributed by atoms with Crippen LogP contribution in [0.4, 0.5) is 5.82 Å². The Morgan fingerprint density at radius 1 is 1.35 bits per heavy atom. The Morgan fingerprint density at radius 3 is 2.75 bits per heavy atom. The van der Waals surface area contributed by atoms with Crippen molar-refractivity contribution in [2.75, 3.05) is 18.0 Å². The van der Waals surface area contributed by atoms with E-state index in [4.69, 9.17) is 5.73 Å². The Kier molecular flexibility index (Phi) is 3.28. The molecule has 2 aromatic rings. The second-order valence-corrected chi connectivity index (χ2v) is 5.20. The lowest BCUT2D eigenvalue weighted by atomic mass is 10.1. The summed E-state index contributed by atoms with van der Waals surface area (Å²) in [7, 11) is 0. The van der Waals surface area contributed by atoms with E-state index in [-0.39, 0.29) is 11.8 Å². The Balaban J connectivity index is 2.01. The molecule has 20 heavy (non-hydrogen) atoms.